The van der Waals surface area contributed by atoms with Gasteiger partial charge in [-0.15, -0.1) is 0 Å². The van der Waals surface area contributed by atoms with Gasteiger partial charge in [-0.3, -0.25) is 29.6 Å². The van der Waals surface area contributed by atoms with Crippen molar-refractivity contribution in [3.8, 4) is 0 Å². The van der Waals surface area contributed by atoms with Crippen molar-refractivity contribution in [2.45, 2.75) is 19.9 Å². The van der Waals surface area contributed by atoms with E-state index in [0.717, 1.165) is 11.3 Å². The molecule has 3 aromatic rings. The summed E-state index contributed by atoms with van der Waals surface area (Å²) in [7, 11) is 0. The van der Waals surface area contributed by atoms with Crippen molar-refractivity contribution < 1.29 is 19.4 Å². The predicted octanol–water partition coefficient (Wildman–Crippen LogP) is 2.61. The Morgan fingerprint density at radius 2 is 1.83 bits per heavy atom. The summed E-state index contributed by atoms with van der Waals surface area (Å²) in [5.41, 5.74) is 0.647. The van der Waals surface area contributed by atoms with Crippen LogP contribution < -0.4 is 14.9 Å². The van der Waals surface area contributed by atoms with Crippen molar-refractivity contribution in [1.82, 2.24) is 4.57 Å². The zero-order chi connectivity index (χ0) is 25.3. The summed E-state index contributed by atoms with van der Waals surface area (Å²) in [6.07, 6.45) is 1.57. The third-order valence-electron chi connectivity index (χ3n) is 5.32. The highest BCUT2D eigenvalue weighted by Crippen LogP contribution is 2.32. The predicted molar refractivity (Wildman–Crippen MR) is 127 cm³/mol. The average molecular weight is 494 g/mol. The lowest BCUT2D eigenvalue weighted by molar-refractivity contribution is -0.385. The minimum Gasteiger partial charge on any atom is -0.463 e. The molecule has 0 radical (unpaired) electrons. The smallest absolute Gasteiger partial charge is 0.338 e. The number of allylic oxidation sites excluding steroid dienone is 1. The number of non-ortho nitro benzene ring substituents is 2. The highest BCUT2D eigenvalue weighted by Gasteiger charge is 2.34. The zero-order valence-corrected chi connectivity index (χ0v) is 19.4. The molecule has 2 heterocycles. The van der Waals surface area contributed by atoms with Crippen LogP contribution in [0.5, 0.6) is 0 Å². The van der Waals surface area contributed by atoms with Crippen LogP contribution in [-0.4, -0.2) is 27.0 Å². The van der Waals surface area contributed by atoms with Gasteiger partial charge in [-0.25, -0.2) is 9.79 Å². The lowest BCUT2D eigenvalue weighted by Crippen LogP contribution is -2.39. The van der Waals surface area contributed by atoms with Crippen molar-refractivity contribution >= 4 is 34.8 Å². The molecule has 1 atom stereocenters. The van der Waals surface area contributed by atoms with Crippen LogP contribution in [-0.2, 0) is 9.53 Å². The Bertz CT molecular complexity index is 1570. The molecule has 0 amide bonds. The summed E-state index contributed by atoms with van der Waals surface area (Å²) >= 11 is 1.08. The van der Waals surface area contributed by atoms with Crippen LogP contribution in [0.3, 0.4) is 0 Å². The summed E-state index contributed by atoms with van der Waals surface area (Å²) in [6, 6.07) is 10.4. The van der Waals surface area contributed by atoms with Crippen LogP contribution in [0.2, 0.25) is 0 Å². The van der Waals surface area contributed by atoms with E-state index >= 15 is 0 Å². The number of nitro benzene ring substituents is 2. The number of benzene rings is 2. The monoisotopic (exact) mass is 494 g/mol. The molecule has 1 aliphatic rings. The van der Waals surface area contributed by atoms with Gasteiger partial charge in [0.1, 0.15) is 0 Å². The first kappa shape index (κ1) is 23.7. The van der Waals surface area contributed by atoms with Crippen molar-refractivity contribution in [3.05, 3.63) is 111 Å². The van der Waals surface area contributed by atoms with Crippen molar-refractivity contribution in [1.29, 1.82) is 0 Å². The number of carbonyl (C=O) groups is 1. The molecule has 0 saturated carbocycles. The number of fused-ring (bicyclic) bond motifs is 1. The minimum absolute atomic E-state index is 0.0796. The fourth-order valence-corrected chi connectivity index (χ4v) is 4.81. The Morgan fingerprint density at radius 3 is 2.46 bits per heavy atom. The molecule has 178 valence electrons. The maximum Gasteiger partial charge on any atom is 0.338 e. The number of nitro groups is 2. The fourth-order valence-electron chi connectivity index (χ4n) is 3.76. The molecule has 35 heavy (non-hydrogen) atoms. The van der Waals surface area contributed by atoms with Crippen LogP contribution >= 0.6 is 11.3 Å². The second-order valence-corrected chi connectivity index (χ2v) is 8.51. The van der Waals surface area contributed by atoms with Crippen LogP contribution in [0.1, 0.15) is 31.0 Å². The van der Waals surface area contributed by atoms with Gasteiger partial charge in [0.25, 0.3) is 16.9 Å². The number of aromatic nitrogens is 1. The first-order valence-electron chi connectivity index (χ1n) is 10.4. The molecule has 2 aromatic carbocycles. The Labute approximate surface area is 201 Å². The van der Waals surface area contributed by atoms with E-state index in [1.165, 1.54) is 47.0 Å². The lowest BCUT2D eigenvalue weighted by Gasteiger charge is -2.24. The van der Waals surface area contributed by atoms with Crippen molar-refractivity contribution in [3.63, 3.8) is 0 Å². The normalized spacial score (nSPS) is 15.4. The van der Waals surface area contributed by atoms with Crippen molar-refractivity contribution in [2.24, 2.45) is 4.99 Å². The quantitative estimate of drug-likeness (QED) is 0.291. The van der Waals surface area contributed by atoms with Crippen LogP contribution in [0.15, 0.2) is 69.6 Å². The molecule has 0 spiro atoms. The standard InChI is InChI=1S/C23H18N4O7S/c1-3-34-22(29)19-13(2)24-23-25(20(19)15-5-4-6-17(12-15)27(32)33)21(28)18(35-23)11-14-7-9-16(10-8-14)26(30)31/h4-12,20H,3H2,1-2H3/b18-11-/t20-/m1/s1. The van der Waals surface area contributed by atoms with Crippen LogP contribution in [0.4, 0.5) is 11.4 Å². The van der Waals surface area contributed by atoms with Gasteiger partial charge in [0.2, 0.25) is 0 Å². The summed E-state index contributed by atoms with van der Waals surface area (Å²) in [5, 5.41) is 22.3. The van der Waals surface area contributed by atoms with E-state index in [9.17, 15) is 29.8 Å². The van der Waals surface area contributed by atoms with Gasteiger partial charge in [-0.05, 0) is 43.2 Å². The first-order valence-corrected chi connectivity index (χ1v) is 11.2. The summed E-state index contributed by atoms with van der Waals surface area (Å²) in [4.78, 5) is 52.3. The minimum atomic E-state index is -0.982. The number of thiazole rings is 1. The molecular weight excluding hydrogens is 476 g/mol. The molecule has 0 unspecified atom stereocenters. The summed E-state index contributed by atoms with van der Waals surface area (Å²) in [6.45, 7) is 3.36. The number of nitrogens with zero attached hydrogens (tertiary/aromatic N) is 4. The van der Waals surface area contributed by atoms with Gasteiger partial charge in [0, 0.05) is 24.3 Å². The first-order chi connectivity index (χ1) is 16.7. The van der Waals surface area contributed by atoms with E-state index in [0.29, 0.717) is 21.6 Å². The molecule has 0 aliphatic carbocycles. The fraction of sp³-hybridized carbons (Fsp3) is 0.174. The van der Waals surface area contributed by atoms with E-state index in [-0.39, 0.29) is 28.1 Å². The second kappa shape index (κ2) is 9.43. The molecule has 4 rings (SSSR count). The van der Waals surface area contributed by atoms with Gasteiger partial charge in [0.05, 0.1) is 38.3 Å². The van der Waals surface area contributed by atoms with Gasteiger partial charge in [0.15, 0.2) is 4.80 Å². The molecule has 12 heteroatoms. The number of rotatable bonds is 6. The van der Waals surface area contributed by atoms with E-state index in [4.69, 9.17) is 4.74 Å². The topological polar surface area (TPSA) is 147 Å². The highest BCUT2D eigenvalue weighted by molar-refractivity contribution is 7.07. The van der Waals surface area contributed by atoms with Crippen molar-refractivity contribution in [2.75, 3.05) is 6.61 Å². The summed E-state index contributed by atoms with van der Waals surface area (Å²) in [5.74, 6) is -0.671. The van der Waals surface area contributed by atoms with Crippen LogP contribution in [0.25, 0.3) is 6.08 Å². The third-order valence-corrected chi connectivity index (χ3v) is 6.30. The Balaban J connectivity index is 1.93. The largest absolute Gasteiger partial charge is 0.463 e. The van der Waals surface area contributed by atoms with Crippen LogP contribution in [0, 0.1) is 20.2 Å². The van der Waals surface area contributed by atoms with Gasteiger partial charge >= 0.3 is 5.97 Å². The molecule has 1 aliphatic heterocycles. The number of hydrogen-bond acceptors (Lipinski definition) is 9. The maximum absolute atomic E-state index is 13.5. The number of ether oxygens (including phenoxy) is 1. The Kier molecular flexibility index (Phi) is 6.38. The number of carbonyl (C=O) groups excluding carboxylic acids is 1. The van der Waals surface area contributed by atoms with E-state index < -0.39 is 27.4 Å². The number of hydrogen-bond donors (Lipinski definition) is 0. The molecule has 1 aromatic heterocycles. The van der Waals surface area contributed by atoms with Gasteiger partial charge in [-0.1, -0.05) is 23.5 Å². The Hall–Kier alpha value is -4.45. The molecule has 0 bridgehead atoms. The molecular formula is C23H18N4O7S. The lowest BCUT2D eigenvalue weighted by atomic mass is 9.95. The van der Waals surface area contributed by atoms with E-state index in [2.05, 4.69) is 4.99 Å². The highest BCUT2D eigenvalue weighted by atomic mass is 32.1. The second-order valence-electron chi connectivity index (χ2n) is 7.50. The SMILES string of the molecule is CCOC(=O)C1=C(C)N=c2s/c(=C\c3ccc([N+](=O)[O-])cc3)c(=O)n2[C@@H]1c1cccc([N+](=O)[O-])c1. The Morgan fingerprint density at radius 1 is 1.14 bits per heavy atom. The molecule has 0 N–H and O–H groups in total. The van der Waals surface area contributed by atoms with Gasteiger partial charge < -0.3 is 4.74 Å². The molecule has 0 fully saturated rings. The zero-order valence-electron chi connectivity index (χ0n) is 18.5. The number of esters is 1. The summed E-state index contributed by atoms with van der Waals surface area (Å²) < 4.78 is 6.81. The third kappa shape index (κ3) is 4.51. The van der Waals surface area contributed by atoms with E-state index in [1.54, 1.807) is 26.0 Å². The molecule has 11 nitrogen and oxygen atoms in total. The maximum atomic E-state index is 13.5. The average Bonchev–Trinajstić information content (AvgIpc) is 3.13. The van der Waals surface area contributed by atoms with Gasteiger partial charge in [-0.2, -0.15) is 0 Å². The molecule has 0 saturated heterocycles. The van der Waals surface area contributed by atoms with E-state index in [1.807, 2.05) is 0 Å².